The Hall–Kier alpha value is -5.14. The first-order valence-electron chi connectivity index (χ1n) is 13.7. The van der Waals surface area contributed by atoms with Crippen LogP contribution in [0.25, 0.3) is 11.4 Å². The molecule has 2 heterocycles. The number of hydrogen-bond donors (Lipinski definition) is 1. The molecule has 0 saturated carbocycles. The summed E-state index contributed by atoms with van der Waals surface area (Å²) >= 11 is 0. The Kier molecular flexibility index (Phi) is 9.44. The number of anilines is 1. The van der Waals surface area contributed by atoms with Gasteiger partial charge in [-0.15, -0.1) is 20.4 Å². The topological polar surface area (TPSA) is 119 Å². The van der Waals surface area contributed by atoms with Gasteiger partial charge in [-0.05, 0) is 55.0 Å². The molecule has 1 aromatic heterocycles. The molecule has 4 aromatic rings. The second-order valence-corrected chi connectivity index (χ2v) is 9.51. The highest BCUT2D eigenvalue weighted by molar-refractivity contribution is 5.96. The summed E-state index contributed by atoms with van der Waals surface area (Å²) in [7, 11) is 0. The van der Waals surface area contributed by atoms with E-state index in [0.29, 0.717) is 50.3 Å². The van der Waals surface area contributed by atoms with Gasteiger partial charge in [-0.2, -0.15) is 0 Å². The Bertz CT molecular complexity index is 1600. The maximum Gasteiger partial charge on any atom is 0.227 e. The van der Waals surface area contributed by atoms with Gasteiger partial charge in [0.15, 0.2) is 5.82 Å². The molecule has 42 heavy (non-hydrogen) atoms. The Morgan fingerprint density at radius 3 is 2.36 bits per heavy atom. The SMILES string of the molecule is Cc1nnc(-c2ccc(OCCOCCNC(=O)CCC(=O)N3Cc4ccccc4C#Cc4ccccc43)cc2)nn1. The van der Waals surface area contributed by atoms with Crippen LogP contribution < -0.4 is 15.0 Å². The first kappa shape index (κ1) is 28.4. The van der Waals surface area contributed by atoms with Crippen molar-refractivity contribution in [2.75, 3.05) is 31.3 Å². The van der Waals surface area contributed by atoms with Crippen LogP contribution in [-0.4, -0.2) is 58.6 Å². The first-order valence-corrected chi connectivity index (χ1v) is 13.7. The molecule has 0 fully saturated rings. The highest BCUT2D eigenvalue weighted by atomic mass is 16.5. The number of carbonyl (C=O) groups is 2. The van der Waals surface area contributed by atoms with Gasteiger partial charge in [0.1, 0.15) is 12.4 Å². The van der Waals surface area contributed by atoms with Crippen LogP contribution in [0.1, 0.15) is 35.4 Å². The fourth-order valence-electron chi connectivity index (χ4n) is 4.33. The lowest BCUT2D eigenvalue weighted by molar-refractivity contribution is -0.125. The molecule has 0 radical (unpaired) electrons. The summed E-state index contributed by atoms with van der Waals surface area (Å²) in [5, 5.41) is 18.7. The van der Waals surface area contributed by atoms with Crippen LogP contribution in [0.15, 0.2) is 72.8 Å². The summed E-state index contributed by atoms with van der Waals surface area (Å²) in [5.74, 6) is 7.72. The molecule has 3 aromatic carbocycles. The van der Waals surface area contributed by atoms with Crippen molar-refractivity contribution in [2.45, 2.75) is 26.3 Å². The molecule has 0 spiro atoms. The first-order chi connectivity index (χ1) is 20.6. The maximum atomic E-state index is 13.3. The highest BCUT2D eigenvalue weighted by Crippen LogP contribution is 2.26. The van der Waals surface area contributed by atoms with Gasteiger partial charge >= 0.3 is 0 Å². The molecule has 0 unspecified atom stereocenters. The van der Waals surface area contributed by atoms with Gasteiger partial charge in [0.2, 0.25) is 17.6 Å². The number of rotatable bonds is 11. The van der Waals surface area contributed by atoms with Gasteiger partial charge in [0.25, 0.3) is 0 Å². The molecule has 1 aliphatic rings. The Morgan fingerprint density at radius 2 is 1.55 bits per heavy atom. The average Bonchev–Trinajstić information content (AvgIpc) is 3.01. The number of nitrogens with zero attached hydrogens (tertiary/aromatic N) is 5. The van der Waals surface area contributed by atoms with E-state index in [4.69, 9.17) is 9.47 Å². The van der Waals surface area contributed by atoms with Crippen molar-refractivity contribution in [3.63, 3.8) is 0 Å². The van der Waals surface area contributed by atoms with Crippen LogP contribution in [0.3, 0.4) is 0 Å². The Balaban J connectivity index is 1.01. The van der Waals surface area contributed by atoms with E-state index >= 15 is 0 Å². The van der Waals surface area contributed by atoms with E-state index < -0.39 is 0 Å². The van der Waals surface area contributed by atoms with Crippen molar-refractivity contribution in [3.8, 4) is 29.0 Å². The van der Waals surface area contributed by atoms with E-state index in [2.05, 4.69) is 37.6 Å². The lowest BCUT2D eigenvalue weighted by atomic mass is 10.0. The van der Waals surface area contributed by atoms with E-state index in [-0.39, 0.29) is 24.7 Å². The predicted octanol–water partition coefficient (Wildman–Crippen LogP) is 3.48. The van der Waals surface area contributed by atoms with E-state index in [0.717, 1.165) is 27.9 Å². The molecule has 0 atom stereocenters. The Morgan fingerprint density at radius 1 is 0.833 bits per heavy atom. The Labute approximate surface area is 244 Å². The molecule has 212 valence electrons. The third-order valence-electron chi connectivity index (χ3n) is 6.50. The quantitative estimate of drug-likeness (QED) is 0.218. The standard InChI is InChI=1S/C32H30N6O4/c1-23-34-36-32(37-35-23)26-12-14-28(15-13-26)42-21-20-41-19-18-33-30(39)16-17-31(40)38-22-27-8-3-2-6-24(27)10-11-25-7-4-5-9-29(25)38/h2-9,12-15H,16-22H2,1H3,(H,33,39). The van der Waals surface area contributed by atoms with Gasteiger partial charge in [0.05, 0.1) is 25.4 Å². The molecule has 0 saturated heterocycles. The number of para-hydroxylation sites is 1. The fourth-order valence-corrected chi connectivity index (χ4v) is 4.33. The number of benzene rings is 3. The van der Waals surface area contributed by atoms with Crippen molar-refractivity contribution < 1.29 is 19.1 Å². The van der Waals surface area contributed by atoms with Gasteiger partial charge in [-0.1, -0.05) is 42.2 Å². The molecule has 5 rings (SSSR count). The van der Waals surface area contributed by atoms with Gasteiger partial charge in [-0.25, -0.2) is 0 Å². The van der Waals surface area contributed by atoms with Crippen LogP contribution >= 0.6 is 0 Å². The van der Waals surface area contributed by atoms with E-state index in [1.807, 2.05) is 72.8 Å². The number of nitrogens with one attached hydrogen (secondary N) is 1. The zero-order valence-electron chi connectivity index (χ0n) is 23.2. The molecule has 10 heteroatoms. The normalized spacial score (nSPS) is 11.7. The maximum absolute atomic E-state index is 13.3. The molecule has 0 aliphatic carbocycles. The number of hydrogen-bond acceptors (Lipinski definition) is 8. The van der Waals surface area contributed by atoms with Crippen LogP contribution in [0.2, 0.25) is 0 Å². The molecular weight excluding hydrogens is 532 g/mol. The molecular formula is C32H30N6O4. The van der Waals surface area contributed by atoms with Crippen molar-refractivity contribution in [3.05, 3.63) is 95.3 Å². The lowest BCUT2D eigenvalue weighted by Crippen LogP contribution is -2.34. The summed E-state index contributed by atoms with van der Waals surface area (Å²) in [6.45, 7) is 3.53. The minimum Gasteiger partial charge on any atom is -0.491 e. The summed E-state index contributed by atoms with van der Waals surface area (Å²) < 4.78 is 11.3. The molecule has 1 aliphatic heterocycles. The van der Waals surface area contributed by atoms with Gasteiger partial charge in [-0.3, -0.25) is 9.59 Å². The summed E-state index contributed by atoms with van der Waals surface area (Å²) in [6, 6.07) is 22.7. The van der Waals surface area contributed by atoms with Gasteiger partial charge in [0, 0.05) is 36.1 Å². The lowest BCUT2D eigenvalue weighted by Gasteiger charge is -2.26. The van der Waals surface area contributed by atoms with Gasteiger partial charge < -0.3 is 19.7 Å². The number of carbonyl (C=O) groups excluding carboxylic acids is 2. The second-order valence-electron chi connectivity index (χ2n) is 9.51. The second kappa shape index (κ2) is 14.0. The van der Waals surface area contributed by atoms with Crippen molar-refractivity contribution in [1.82, 2.24) is 25.7 Å². The third kappa shape index (κ3) is 7.53. The predicted molar refractivity (Wildman–Crippen MR) is 156 cm³/mol. The zero-order chi connectivity index (χ0) is 29.1. The summed E-state index contributed by atoms with van der Waals surface area (Å²) in [5.41, 5.74) is 4.21. The van der Waals surface area contributed by atoms with E-state index in [1.165, 1.54) is 0 Å². The monoisotopic (exact) mass is 562 g/mol. The molecule has 1 N–H and O–H groups in total. The minimum absolute atomic E-state index is 0.0870. The zero-order valence-corrected chi connectivity index (χ0v) is 23.2. The average molecular weight is 563 g/mol. The minimum atomic E-state index is -0.202. The highest BCUT2D eigenvalue weighted by Gasteiger charge is 2.21. The summed E-state index contributed by atoms with van der Waals surface area (Å²) in [6.07, 6.45) is 0.177. The van der Waals surface area contributed by atoms with Crippen LogP contribution in [0.5, 0.6) is 5.75 Å². The molecule has 10 nitrogen and oxygen atoms in total. The molecule has 0 bridgehead atoms. The number of aromatic nitrogens is 4. The third-order valence-corrected chi connectivity index (χ3v) is 6.50. The summed E-state index contributed by atoms with van der Waals surface area (Å²) in [4.78, 5) is 27.4. The fraction of sp³-hybridized carbons (Fsp3) is 0.250. The van der Waals surface area contributed by atoms with Crippen molar-refractivity contribution in [2.24, 2.45) is 0 Å². The van der Waals surface area contributed by atoms with E-state index in [9.17, 15) is 9.59 Å². The smallest absolute Gasteiger partial charge is 0.227 e. The number of ether oxygens (including phenoxy) is 2. The van der Waals surface area contributed by atoms with Crippen molar-refractivity contribution >= 4 is 17.5 Å². The number of fused-ring (bicyclic) bond motifs is 2. The van der Waals surface area contributed by atoms with E-state index in [1.54, 1.807) is 11.8 Å². The number of amides is 2. The van der Waals surface area contributed by atoms with Crippen LogP contribution in [0.4, 0.5) is 5.69 Å². The van der Waals surface area contributed by atoms with Crippen LogP contribution in [-0.2, 0) is 20.9 Å². The van der Waals surface area contributed by atoms with Crippen molar-refractivity contribution in [1.29, 1.82) is 0 Å². The molecule has 2 amide bonds. The van der Waals surface area contributed by atoms with Crippen LogP contribution in [0, 0.1) is 18.8 Å². The number of aryl methyl sites for hydroxylation is 1. The largest absolute Gasteiger partial charge is 0.491 e.